The number of carboxylic acid groups (broad SMARTS) is 1. The third kappa shape index (κ3) is 3.58. The summed E-state index contributed by atoms with van der Waals surface area (Å²) in [4.78, 5) is 39.6. The van der Waals surface area contributed by atoms with Crippen LogP contribution in [0, 0.1) is 0 Å². The van der Waals surface area contributed by atoms with Gasteiger partial charge in [0.25, 0.3) is 5.91 Å². The molecule has 1 fully saturated rings. The number of benzene rings is 1. The van der Waals surface area contributed by atoms with E-state index in [9.17, 15) is 14.4 Å². The molecule has 0 aliphatic carbocycles. The summed E-state index contributed by atoms with van der Waals surface area (Å²) in [7, 11) is 0. The van der Waals surface area contributed by atoms with Crippen molar-refractivity contribution < 1.29 is 29.0 Å². The molecule has 1 unspecified atom stereocenters. The first-order valence-electron chi connectivity index (χ1n) is 8.72. The van der Waals surface area contributed by atoms with E-state index in [4.69, 9.17) is 14.6 Å². The van der Waals surface area contributed by atoms with Crippen molar-refractivity contribution in [3.05, 3.63) is 23.8 Å². The lowest BCUT2D eigenvalue weighted by Crippen LogP contribution is -2.49. The molecular formula is C18H22N2O6. The molecule has 8 heteroatoms. The number of hydrogen-bond acceptors (Lipinski definition) is 5. The van der Waals surface area contributed by atoms with E-state index in [0.717, 1.165) is 0 Å². The van der Waals surface area contributed by atoms with Gasteiger partial charge in [0.15, 0.2) is 11.5 Å². The van der Waals surface area contributed by atoms with Crippen LogP contribution in [0.15, 0.2) is 18.2 Å². The van der Waals surface area contributed by atoms with Gasteiger partial charge in [0.2, 0.25) is 12.7 Å². The van der Waals surface area contributed by atoms with Crippen molar-refractivity contribution in [3.63, 3.8) is 0 Å². The van der Waals surface area contributed by atoms with Gasteiger partial charge in [-0.15, -0.1) is 0 Å². The smallest absolute Gasteiger partial charge is 0.323 e. The zero-order valence-electron chi connectivity index (χ0n) is 14.6. The number of rotatable bonds is 6. The number of hydrogen-bond donors (Lipinski definition) is 1. The molecule has 0 saturated carbocycles. The number of aliphatic carboxylic acids is 1. The molecule has 1 saturated heterocycles. The second-order valence-electron chi connectivity index (χ2n) is 6.38. The van der Waals surface area contributed by atoms with E-state index in [-0.39, 0.29) is 25.2 Å². The maximum Gasteiger partial charge on any atom is 0.323 e. The molecule has 1 N–H and O–H groups in total. The van der Waals surface area contributed by atoms with E-state index in [0.29, 0.717) is 49.4 Å². The molecule has 0 aromatic heterocycles. The molecule has 2 heterocycles. The van der Waals surface area contributed by atoms with Gasteiger partial charge in [-0.1, -0.05) is 6.92 Å². The lowest BCUT2D eigenvalue weighted by atomic mass is 10.1. The molecule has 0 radical (unpaired) electrons. The van der Waals surface area contributed by atoms with Crippen molar-refractivity contribution in [1.82, 2.24) is 9.80 Å². The topological polar surface area (TPSA) is 96.4 Å². The van der Waals surface area contributed by atoms with Crippen molar-refractivity contribution in [2.24, 2.45) is 0 Å². The van der Waals surface area contributed by atoms with Crippen LogP contribution in [0.1, 0.15) is 36.5 Å². The third-order valence-corrected chi connectivity index (χ3v) is 4.55. The zero-order valence-corrected chi connectivity index (χ0v) is 14.6. The van der Waals surface area contributed by atoms with Crippen LogP contribution in [0.25, 0.3) is 0 Å². The van der Waals surface area contributed by atoms with Crippen molar-refractivity contribution in [3.8, 4) is 11.5 Å². The number of carbonyl (C=O) groups excluding carboxylic acids is 2. The Bertz CT molecular complexity index is 720. The van der Waals surface area contributed by atoms with Crippen molar-refractivity contribution in [2.75, 3.05) is 26.4 Å². The van der Waals surface area contributed by atoms with Crippen LogP contribution in [0.4, 0.5) is 0 Å². The lowest BCUT2D eigenvalue weighted by Gasteiger charge is -2.29. The fraction of sp³-hybridized carbons (Fsp3) is 0.500. The fourth-order valence-corrected chi connectivity index (χ4v) is 3.37. The highest BCUT2D eigenvalue weighted by Gasteiger charge is 2.37. The zero-order chi connectivity index (χ0) is 18.7. The second kappa shape index (κ2) is 7.63. The highest BCUT2D eigenvalue weighted by atomic mass is 16.7. The summed E-state index contributed by atoms with van der Waals surface area (Å²) in [5.41, 5.74) is 0.425. The molecule has 0 bridgehead atoms. The summed E-state index contributed by atoms with van der Waals surface area (Å²) in [5.74, 6) is -0.521. The molecule has 2 aliphatic heterocycles. The molecule has 1 atom stereocenters. The number of fused-ring (bicyclic) bond motifs is 1. The summed E-state index contributed by atoms with van der Waals surface area (Å²) in [6.45, 7) is 2.48. The number of ether oxygens (including phenoxy) is 2. The Morgan fingerprint density at radius 3 is 2.77 bits per heavy atom. The average Bonchev–Trinajstić information content (AvgIpc) is 3.28. The molecule has 3 rings (SSSR count). The Kier molecular flexibility index (Phi) is 5.29. The number of likely N-dealkylation sites (tertiary alicyclic amines) is 1. The summed E-state index contributed by atoms with van der Waals surface area (Å²) in [5, 5.41) is 9.04. The lowest BCUT2D eigenvalue weighted by molar-refractivity contribution is -0.146. The standard InChI is InChI=1S/C18H22N2O6/c1-2-7-19(10-16(21)22)18(24)13-4-3-8-20(13)17(23)12-5-6-14-15(9-12)26-11-25-14/h5-6,9,13H,2-4,7-8,10-11H2,1H3,(H,21,22). The highest BCUT2D eigenvalue weighted by Crippen LogP contribution is 2.33. The highest BCUT2D eigenvalue weighted by molar-refractivity contribution is 5.98. The monoisotopic (exact) mass is 362 g/mol. The first-order chi connectivity index (χ1) is 12.5. The Hall–Kier alpha value is -2.77. The van der Waals surface area contributed by atoms with Crippen molar-refractivity contribution in [2.45, 2.75) is 32.2 Å². The molecule has 8 nitrogen and oxygen atoms in total. The summed E-state index contributed by atoms with van der Waals surface area (Å²) >= 11 is 0. The minimum Gasteiger partial charge on any atom is -0.480 e. The number of carbonyl (C=O) groups is 3. The quantitative estimate of drug-likeness (QED) is 0.820. The van der Waals surface area contributed by atoms with Crippen LogP contribution < -0.4 is 9.47 Å². The normalized spacial score (nSPS) is 18.0. The van der Waals surface area contributed by atoms with Crippen LogP contribution in [0.5, 0.6) is 11.5 Å². The molecule has 26 heavy (non-hydrogen) atoms. The molecule has 140 valence electrons. The molecule has 1 aromatic rings. The van der Waals surface area contributed by atoms with Crippen molar-refractivity contribution in [1.29, 1.82) is 0 Å². The van der Waals surface area contributed by atoms with E-state index < -0.39 is 12.0 Å². The maximum atomic E-state index is 12.9. The van der Waals surface area contributed by atoms with E-state index >= 15 is 0 Å². The van der Waals surface area contributed by atoms with Gasteiger partial charge in [-0.2, -0.15) is 0 Å². The Morgan fingerprint density at radius 2 is 2.04 bits per heavy atom. The minimum atomic E-state index is -1.06. The van der Waals surface area contributed by atoms with Crippen molar-refractivity contribution >= 4 is 17.8 Å². The number of amides is 2. The summed E-state index contributed by atoms with van der Waals surface area (Å²) < 4.78 is 10.6. The predicted molar refractivity (Wildman–Crippen MR) is 91.1 cm³/mol. The predicted octanol–water partition coefficient (Wildman–Crippen LogP) is 1.34. The molecular weight excluding hydrogens is 340 g/mol. The van der Waals surface area contributed by atoms with Gasteiger partial charge in [-0.25, -0.2) is 0 Å². The van der Waals surface area contributed by atoms with Crippen LogP contribution in [-0.4, -0.2) is 65.2 Å². The average molecular weight is 362 g/mol. The van der Waals surface area contributed by atoms with Gasteiger partial charge < -0.3 is 24.4 Å². The SMILES string of the molecule is CCCN(CC(=O)O)C(=O)C1CCCN1C(=O)c1ccc2c(c1)OCO2. The van der Waals surface area contributed by atoms with Gasteiger partial charge in [0.1, 0.15) is 12.6 Å². The fourth-order valence-electron chi connectivity index (χ4n) is 3.37. The van der Waals surface area contributed by atoms with Gasteiger partial charge in [-0.3, -0.25) is 14.4 Å². The Morgan fingerprint density at radius 1 is 1.27 bits per heavy atom. The maximum absolute atomic E-state index is 12.9. The van der Waals surface area contributed by atoms with Crippen LogP contribution in [-0.2, 0) is 9.59 Å². The van der Waals surface area contributed by atoms with Gasteiger partial charge in [-0.05, 0) is 37.5 Å². The molecule has 1 aromatic carbocycles. The van der Waals surface area contributed by atoms with Gasteiger partial charge in [0, 0.05) is 18.7 Å². The first-order valence-corrected chi connectivity index (χ1v) is 8.72. The van der Waals surface area contributed by atoms with E-state index in [2.05, 4.69) is 0 Å². The Balaban J connectivity index is 1.77. The van der Waals surface area contributed by atoms with Crippen LogP contribution in [0.2, 0.25) is 0 Å². The largest absolute Gasteiger partial charge is 0.480 e. The molecule has 2 aliphatic rings. The molecule has 0 spiro atoms. The minimum absolute atomic E-state index is 0.124. The number of nitrogens with zero attached hydrogens (tertiary/aromatic N) is 2. The summed E-state index contributed by atoms with van der Waals surface area (Å²) in [6.07, 6.45) is 1.90. The van der Waals surface area contributed by atoms with Crippen LogP contribution in [0.3, 0.4) is 0 Å². The van der Waals surface area contributed by atoms with Gasteiger partial charge >= 0.3 is 5.97 Å². The van der Waals surface area contributed by atoms with E-state index in [1.54, 1.807) is 18.2 Å². The molecule has 2 amide bonds. The van der Waals surface area contributed by atoms with E-state index in [1.165, 1.54) is 9.80 Å². The summed E-state index contributed by atoms with van der Waals surface area (Å²) in [6, 6.07) is 4.32. The third-order valence-electron chi connectivity index (χ3n) is 4.55. The second-order valence-corrected chi connectivity index (χ2v) is 6.38. The number of carboxylic acids is 1. The Labute approximate surface area is 151 Å². The van der Waals surface area contributed by atoms with E-state index in [1.807, 2.05) is 6.92 Å². The van der Waals surface area contributed by atoms with Gasteiger partial charge in [0.05, 0.1) is 0 Å². The first kappa shape index (κ1) is 18.0. The van der Waals surface area contributed by atoms with Crippen LogP contribution >= 0.6 is 0 Å².